The Kier molecular flexibility index (Phi) is 9.99. The van der Waals surface area contributed by atoms with Gasteiger partial charge in [-0.05, 0) is 22.7 Å². The predicted octanol–water partition coefficient (Wildman–Crippen LogP) is 4.25. The molecule has 0 aliphatic carbocycles. The molecule has 0 atom stereocenters. The molecule has 0 radical (unpaired) electrons. The normalized spacial score (nSPS) is 12.0. The van der Waals surface area contributed by atoms with Gasteiger partial charge in [0.05, 0.1) is 0 Å². The molecule has 0 aromatic heterocycles. The van der Waals surface area contributed by atoms with Gasteiger partial charge in [-0.25, -0.2) is 0 Å². The van der Waals surface area contributed by atoms with Crippen LogP contribution in [0.4, 0.5) is 0 Å². The Morgan fingerprint density at radius 3 is 1.21 bits per heavy atom. The summed E-state index contributed by atoms with van der Waals surface area (Å²) in [6.07, 6.45) is 0. The summed E-state index contributed by atoms with van der Waals surface area (Å²) in [4.78, 5) is 0. The van der Waals surface area contributed by atoms with E-state index < -0.39 is 0 Å². The first kappa shape index (κ1) is 15.0. The third-order valence-electron chi connectivity index (χ3n) is 1.96. The SMILES string of the molecule is CCSCC(C)(CSCC)CSCC. The van der Waals surface area contributed by atoms with Crippen LogP contribution in [0.1, 0.15) is 27.7 Å². The summed E-state index contributed by atoms with van der Waals surface area (Å²) in [6, 6.07) is 0. The van der Waals surface area contributed by atoms with Crippen LogP contribution in [0.5, 0.6) is 0 Å². The van der Waals surface area contributed by atoms with Crippen LogP contribution in [-0.2, 0) is 0 Å². The van der Waals surface area contributed by atoms with E-state index >= 15 is 0 Å². The summed E-state index contributed by atoms with van der Waals surface area (Å²) in [5, 5.41) is 0. The van der Waals surface area contributed by atoms with Crippen molar-refractivity contribution in [3.05, 3.63) is 0 Å². The maximum absolute atomic E-state index is 2.45. The minimum atomic E-state index is 0.544. The highest BCUT2D eigenvalue weighted by molar-refractivity contribution is 8.01. The van der Waals surface area contributed by atoms with Crippen molar-refractivity contribution in [1.82, 2.24) is 0 Å². The van der Waals surface area contributed by atoms with E-state index in [1.54, 1.807) is 0 Å². The van der Waals surface area contributed by atoms with Gasteiger partial charge < -0.3 is 0 Å². The molecule has 86 valence electrons. The van der Waals surface area contributed by atoms with Gasteiger partial charge in [-0.2, -0.15) is 35.3 Å². The van der Waals surface area contributed by atoms with E-state index in [2.05, 4.69) is 63.0 Å². The van der Waals surface area contributed by atoms with Crippen LogP contribution in [0, 0.1) is 5.41 Å². The molecule has 0 fully saturated rings. The fourth-order valence-electron chi connectivity index (χ4n) is 1.17. The lowest BCUT2D eigenvalue weighted by atomic mass is 9.99. The lowest BCUT2D eigenvalue weighted by molar-refractivity contribution is 0.504. The third kappa shape index (κ3) is 7.36. The van der Waals surface area contributed by atoms with Crippen molar-refractivity contribution in [2.24, 2.45) is 5.41 Å². The fraction of sp³-hybridized carbons (Fsp3) is 1.00. The molecule has 0 aliphatic rings. The van der Waals surface area contributed by atoms with Crippen LogP contribution >= 0.6 is 35.3 Å². The summed E-state index contributed by atoms with van der Waals surface area (Å²) in [6.45, 7) is 9.21. The van der Waals surface area contributed by atoms with Crippen molar-refractivity contribution >= 4 is 35.3 Å². The molecule has 0 rings (SSSR count). The maximum Gasteiger partial charge on any atom is 0.000226 e. The minimum Gasteiger partial charge on any atom is -0.162 e. The second-order valence-corrected chi connectivity index (χ2v) is 7.54. The van der Waals surface area contributed by atoms with Crippen LogP contribution in [0.3, 0.4) is 0 Å². The fourth-order valence-corrected chi connectivity index (χ4v) is 4.26. The Hall–Kier alpha value is 1.05. The minimum absolute atomic E-state index is 0.544. The van der Waals surface area contributed by atoms with Crippen LogP contribution in [0.25, 0.3) is 0 Å². The molecule has 0 nitrogen and oxygen atoms in total. The van der Waals surface area contributed by atoms with Gasteiger partial charge in [0.2, 0.25) is 0 Å². The second kappa shape index (κ2) is 9.29. The summed E-state index contributed by atoms with van der Waals surface area (Å²) >= 11 is 6.27. The van der Waals surface area contributed by atoms with Crippen molar-refractivity contribution in [1.29, 1.82) is 0 Å². The zero-order valence-electron chi connectivity index (χ0n) is 9.97. The Bertz CT molecular complexity index is 104. The van der Waals surface area contributed by atoms with Crippen LogP contribution in [0.2, 0.25) is 0 Å². The van der Waals surface area contributed by atoms with Gasteiger partial charge in [0, 0.05) is 17.3 Å². The lowest BCUT2D eigenvalue weighted by Gasteiger charge is -2.28. The second-order valence-electron chi connectivity index (χ2n) is 3.72. The van der Waals surface area contributed by atoms with Gasteiger partial charge in [0.25, 0.3) is 0 Å². The van der Waals surface area contributed by atoms with Crippen molar-refractivity contribution in [2.75, 3.05) is 34.5 Å². The molecule has 0 amide bonds. The average Bonchev–Trinajstić information content (AvgIpc) is 2.21. The van der Waals surface area contributed by atoms with Gasteiger partial charge in [-0.15, -0.1) is 0 Å². The molecular weight excluding hydrogens is 228 g/mol. The van der Waals surface area contributed by atoms with Crippen molar-refractivity contribution < 1.29 is 0 Å². The van der Waals surface area contributed by atoms with Gasteiger partial charge in [-0.1, -0.05) is 27.7 Å². The highest BCUT2D eigenvalue weighted by Gasteiger charge is 2.23. The standard InChI is InChI=1S/C11H24S3/c1-5-12-8-11(4,9-13-6-2)10-14-7-3/h5-10H2,1-4H3. The van der Waals surface area contributed by atoms with E-state index in [9.17, 15) is 0 Å². The van der Waals surface area contributed by atoms with Gasteiger partial charge in [-0.3, -0.25) is 0 Å². The van der Waals surface area contributed by atoms with Gasteiger partial charge >= 0.3 is 0 Å². The van der Waals surface area contributed by atoms with E-state index in [4.69, 9.17) is 0 Å². The first-order valence-electron chi connectivity index (χ1n) is 5.41. The third-order valence-corrected chi connectivity index (χ3v) is 5.89. The smallest absolute Gasteiger partial charge is 0.000226 e. The van der Waals surface area contributed by atoms with Crippen molar-refractivity contribution in [3.63, 3.8) is 0 Å². The summed E-state index contributed by atoms with van der Waals surface area (Å²) in [5.74, 6) is 7.73. The van der Waals surface area contributed by atoms with Crippen LogP contribution in [-0.4, -0.2) is 34.5 Å². The molecule has 0 aliphatic heterocycles. The van der Waals surface area contributed by atoms with E-state index in [0.29, 0.717) is 5.41 Å². The van der Waals surface area contributed by atoms with Crippen molar-refractivity contribution in [3.8, 4) is 0 Å². The molecule has 0 spiro atoms. The van der Waals surface area contributed by atoms with Crippen LogP contribution < -0.4 is 0 Å². The predicted molar refractivity (Wildman–Crippen MR) is 77.1 cm³/mol. The molecule has 0 N–H and O–H groups in total. The quantitative estimate of drug-likeness (QED) is 0.602. The highest BCUT2D eigenvalue weighted by atomic mass is 32.2. The molecule has 0 heterocycles. The Morgan fingerprint density at radius 2 is 1.00 bits per heavy atom. The zero-order valence-corrected chi connectivity index (χ0v) is 12.4. The van der Waals surface area contributed by atoms with E-state index in [0.717, 1.165) is 0 Å². The van der Waals surface area contributed by atoms with Gasteiger partial charge in [0.1, 0.15) is 0 Å². The first-order valence-corrected chi connectivity index (χ1v) is 8.88. The van der Waals surface area contributed by atoms with E-state index in [1.807, 2.05) is 0 Å². The molecule has 0 saturated heterocycles. The Morgan fingerprint density at radius 1 is 0.714 bits per heavy atom. The molecule has 0 saturated carbocycles. The molecule has 0 aromatic rings. The number of hydrogen-bond acceptors (Lipinski definition) is 3. The van der Waals surface area contributed by atoms with Crippen molar-refractivity contribution in [2.45, 2.75) is 27.7 Å². The van der Waals surface area contributed by atoms with Crippen LogP contribution in [0.15, 0.2) is 0 Å². The summed E-state index contributed by atoms with van der Waals surface area (Å²) in [5.41, 5.74) is 0.544. The Balaban J connectivity index is 3.89. The Labute approximate surface area is 103 Å². The van der Waals surface area contributed by atoms with Gasteiger partial charge in [0.15, 0.2) is 0 Å². The lowest BCUT2D eigenvalue weighted by Crippen LogP contribution is -2.26. The van der Waals surface area contributed by atoms with E-state index in [1.165, 1.54) is 34.5 Å². The molecule has 0 bridgehead atoms. The zero-order chi connectivity index (χ0) is 10.9. The molecule has 0 aromatic carbocycles. The summed E-state index contributed by atoms with van der Waals surface area (Å²) in [7, 11) is 0. The topological polar surface area (TPSA) is 0 Å². The maximum atomic E-state index is 2.45. The highest BCUT2D eigenvalue weighted by Crippen LogP contribution is 2.30. The molecule has 3 heteroatoms. The number of rotatable bonds is 9. The number of thioether (sulfide) groups is 3. The number of hydrogen-bond donors (Lipinski definition) is 0. The average molecular weight is 253 g/mol. The first-order chi connectivity index (χ1) is 6.68. The molecule has 14 heavy (non-hydrogen) atoms. The molecular formula is C11H24S3. The molecule has 0 unspecified atom stereocenters. The largest absolute Gasteiger partial charge is 0.162 e. The summed E-state index contributed by atoms with van der Waals surface area (Å²) < 4.78 is 0. The van der Waals surface area contributed by atoms with E-state index in [-0.39, 0.29) is 0 Å². The monoisotopic (exact) mass is 252 g/mol.